The van der Waals surface area contributed by atoms with E-state index in [1.165, 1.54) is 56.7 Å². The molecule has 2 rings (SSSR count). The molecule has 76 valence electrons. The van der Waals surface area contributed by atoms with Crippen molar-refractivity contribution in [2.45, 2.75) is 32.1 Å². The van der Waals surface area contributed by atoms with Gasteiger partial charge in [0.2, 0.25) is 0 Å². The minimum atomic E-state index is 1.00. The quantitative estimate of drug-likeness (QED) is 0.696. The Morgan fingerprint density at radius 2 is 1.77 bits per heavy atom. The van der Waals surface area contributed by atoms with E-state index in [4.69, 9.17) is 0 Å². The molecule has 0 amide bonds. The summed E-state index contributed by atoms with van der Waals surface area (Å²) in [5.41, 5.74) is 0. The van der Waals surface area contributed by atoms with Crippen molar-refractivity contribution in [3.05, 3.63) is 0 Å². The maximum atomic E-state index is 3.59. The first-order valence-electron chi connectivity index (χ1n) is 5.75. The molecule has 0 aromatic heterocycles. The van der Waals surface area contributed by atoms with Gasteiger partial charge in [0.05, 0.1) is 0 Å². The third kappa shape index (κ3) is 2.88. The number of hydrogen-bond donors (Lipinski definition) is 1. The van der Waals surface area contributed by atoms with Gasteiger partial charge in [-0.3, -0.25) is 0 Å². The van der Waals surface area contributed by atoms with Gasteiger partial charge >= 0.3 is 0 Å². The smallest absolute Gasteiger partial charge is 0.00179 e. The highest BCUT2D eigenvalue weighted by Crippen LogP contribution is 2.31. The molecule has 2 fully saturated rings. The summed E-state index contributed by atoms with van der Waals surface area (Å²) in [4.78, 5) is 0. The highest BCUT2D eigenvalue weighted by molar-refractivity contribution is 7.99. The SMILES string of the molecule is C1CCC(C2CCSCC2)CNC1. The fourth-order valence-electron chi connectivity index (χ4n) is 2.64. The van der Waals surface area contributed by atoms with Crippen LogP contribution >= 0.6 is 11.8 Å². The van der Waals surface area contributed by atoms with E-state index in [9.17, 15) is 0 Å². The molecule has 0 saturated carbocycles. The Morgan fingerprint density at radius 3 is 2.62 bits per heavy atom. The van der Waals surface area contributed by atoms with Gasteiger partial charge in [0.1, 0.15) is 0 Å². The Balaban J connectivity index is 1.82. The van der Waals surface area contributed by atoms with Crippen LogP contribution in [0.4, 0.5) is 0 Å². The minimum absolute atomic E-state index is 1.00. The lowest BCUT2D eigenvalue weighted by Crippen LogP contribution is -2.28. The van der Waals surface area contributed by atoms with Crippen molar-refractivity contribution < 1.29 is 0 Å². The molecule has 0 aromatic carbocycles. The maximum absolute atomic E-state index is 3.59. The second kappa shape index (κ2) is 5.26. The molecule has 2 heterocycles. The first kappa shape index (κ1) is 9.85. The Kier molecular flexibility index (Phi) is 3.98. The van der Waals surface area contributed by atoms with Crippen LogP contribution in [0.5, 0.6) is 0 Å². The fourth-order valence-corrected chi connectivity index (χ4v) is 3.78. The summed E-state index contributed by atoms with van der Waals surface area (Å²) in [5, 5.41) is 3.59. The van der Waals surface area contributed by atoms with Gasteiger partial charge in [-0.1, -0.05) is 6.42 Å². The second-order valence-electron chi connectivity index (χ2n) is 4.41. The van der Waals surface area contributed by atoms with Crippen molar-refractivity contribution in [3.8, 4) is 0 Å². The zero-order valence-corrected chi connectivity index (χ0v) is 9.24. The molecule has 0 spiro atoms. The van der Waals surface area contributed by atoms with E-state index >= 15 is 0 Å². The molecular formula is C11H21NS. The van der Waals surface area contributed by atoms with E-state index < -0.39 is 0 Å². The topological polar surface area (TPSA) is 12.0 Å². The molecule has 2 aliphatic rings. The van der Waals surface area contributed by atoms with E-state index in [-0.39, 0.29) is 0 Å². The molecule has 2 saturated heterocycles. The molecule has 1 atom stereocenters. The predicted molar refractivity (Wildman–Crippen MR) is 60.3 cm³/mol. The Labute approximate surface area is 86.0 Å². The van der Waals surface area contributed by atoms with Crippen LogP contribution in [0.3, 0.4) is 0 Å². The van der Waals surface area contributed by atoms with Gasteiger partial charge in [-0.25, -0.2) is 0 Å². The molecule has 13 heavy (non-hydrogen) atoms. The fraction of sp³-hybridized carbons (Fsp3) is 1.00. The summed E-state index contributed by atoms with van der Waals surface area (Å²) >= 11 is 2.15. The Hall–Kier alpha value is 0.310. The molecule has 2 heteroatoms. The maximum Gasteiger partial charge on any atom is -0.00179 e. The lowest BCUT2D eigenvalue weighted by Gasteiger charge is -2.29. The zero-order chi connectivity index (χ0) is 8.93. The monoisotopic (exact) mass is 199 g/mol. The van der Waals surface area contributed by atoms with Crippen LogP contribution in [0.1, 0.15) is 32.1 Å². The van der Waals surface area contributed by atoms with Crippen molar-refractivity contribution in [3.63, 3.8) is 0 Å². The van der Waals surface area contributed by atoms with Crippen LogP contribution in [-0.2, 0) is 0 Å². The minimum Gasteiger partial charge on any atom is -0.316 e. The van der Waals surface area contributed by atoms with Crippen LogP contribution in [0.2, 0.25) is 0 Å². The number of hydrogen-bond acceptors (Lipinski definition) is 2. The highest BCUT2D eigenvalue weighted by Gasteiger charge is 2.24. The third-order valence-corrected chi connectivity index (χ3v) is 4.57. The first-order valence-corrected chi connectivity index (χ1v) is 6.91. The van der Waals surface area contributed by atoms with E-state index in [0.717, 1.165) is 11.8 Å². The van der Waals surface area contributed by atoms with E-state index in [2.05, 4.69) is 17.1 Å². The zero-order valence-electron chi connectivity index (χ0n) is 8.43. The molecule has 1 nitrogen and oxygen atoms in total. The van der Waals surface area contributed by atoms with Gasteiger partial charge in [0.15, 0.2) is 0 Å². The van der Waals surface area contributed by atoms with Crippen LogP contribution in [0.15, 0.2) is 0 Å². The average molecular weight is 199 g/mol. The van der Waals surface area contributed by atoms with E-state index in [0.29, 0.717) is 0 Å². The first-order chi connectivity index (χ1) is 6.47. The van der Waals surface area contributed by atoms with E-state index in [1.54, 1.807) is 0 Å². The van der Waals surface area contributed by atoms with Gasteiger partial charge in [0, 0.05) is 0 Å². The molecule has 2 aliphatic heterocycles. The van der Waals surface area contributed by atoms with Crippen LogP contribution in [0.25, 0.3) is 0 Å². The summed E-state index contributed by atoms with van der Waals surface area (Å²) < 4.78 is 0. The van der Waals surface area contributed by atoms with Crippen LogP contribution < -0.4 is 5.32 Å². The van der Waals surface area contributed by atoms with E-state index in [1.807, 2.05) is 0 Å². The summed E-state index contributed by atoms with van der Waals surface area (Å²) in [6.45, 7) is 2.56. The molecule has 0 aliphatic carbocycles. The van der Waals surface area contributed by atoms with Gasteiger partial charge < -0.3 is 5.32 Å². The Morgan fingerprint density at radius 1 is 0.923 bits per heavy atom. The average Bonchev–Trinajstić information content (AvgIpc) is 2.47. The standard InChI is InChI=1S/C11H21NS/c1-2-6-12-9-11(3-1)10-4-7-13-8-5-10/h10-12H,1-9H2. The van der Waals surface area contributed by atoms with Crippen molar-refractivity contribution >= 4 is 11.8 Å². The molecule has 0 aromatic rings. The number of thioether (sulfide) groups is 1. The van der Waals surface area contributed by atoms with Gasteiger partial charge in [-0.05, 0) is 62.1 Å². The molecule has 1 unspecified atom stereocenters. The van der Waals surface area contributed by atoms with Crippen molar-refractivity contribution in [2.75, 3.05) is 24.6 Å². The van der Waals surface area contributed by atoms with Gasteiger partial charge in [-0.2, -0.15) is 11.8 Å². The highest BCUT2D eigenvalue weighted by atomic mass is 32.2. The summed E-state index contributed by atoms with van der Waals surface area (Å²) in [5.74, 6) is 4.89. The number of rotatable bonds is 1. The van der Waals surface area contributed by atoms with Crippen LogP contribution in [0, 0.1) is 11.8 Å². The summed E-state index contributed by atoms with van der Waals surface area (Å²) in [6.07, 6.45) is 7.32. The molecular weight excluding hydrogens is 178 g/mol. The van der Waals surface area contributed by atoms with Crippen LogP contribution in [-0.4, -0.2) is 24.6 Å². The van der Waals surface area contributed by atoms with Gasteiger partial charge in [-0.15, -0.1) is 0 Å². The third-order valence-electron chi connectivity index (χ3n) is 3.52. The number of nitrogens with one attached hydrogen (secondary N) is 1. The second-order valence-corrected chi connectivity index (χ2v) is 5.63. The molecule has 1 N–H and O–H groups in total. The normalized spacial score (nSPS) is 32.8. The molecule has 0 radical (unpaired) electrons. The Bertz CT molecular complexity index is 135. The largest absolute Gasteiger partial charge is 0.316 e. The summed E-state index contributed by atoms with van der Waals surface area (Å²) in [7, 11) is 0. The van der Waals surface area contributed by atoms with Crippen molar-refractivity contribution in [1.29, 1.82) is 0 Å². The predicted octanol–water partition coefficient (Wildman–Crippen LogP) is 2.52. The lowest BCUT2D eigenvalue weighted by atomic mass is 9.84. The molecule has 0 bridgehead atoms. The lowest BCUT2D eigenvalue weighted by molar-refractivity contribution is 0.294. The van der Waals surface area contributed by atoms with Crippen molar-refractivity contribution in [1.82, 2.24) is 5.32 Å². The van der Waals surface area contributed by atoms with Crippen molar-refractivity contribution in [2.24, 2.45) is 11.8 Å². The summed E-state index contributed by atoms with van der Waals surface area (Å²) in [6, 6.07) is 0. The van der Waals surface area contributed by atoms with Gasteiger partial charge in [0.25, 0.3) is 0 Å².